The smallest absolute Gasteiger partial charge is 0.258 e. The third kappa shape index (κ3) is 4.97. The van der Waals surface area contributed by atoms with Gasteiger partial charge in [0.25, 0.3) is 5.56 Å². The second-order valence-corrected chi connectivity index (χ2v) is 10.3. The first-order chi connectivity index (χ1) is 19.5. The quantitative estimate of drug-likeness (QED) is 0.218. The van der Waals surface area contributed by atoms with Crippen molar-refractivity contribution in [2.45, 2.75) is 12.5 Å². The number of thiocarbonyl (C=S) groups is 1. The summed E-state index contributed by atoms with van der Waals surface area (Å²) in [5.41, 5.74) is 5.18. The molecule has 40 heavy (non-hydrogen) atoms. The van der Waals surface area contributed by atoms with E-state index < -0.39 is 0 Å². The molecule has 0 aliphatic carbocycles. The highest BCUT2D eigenvalue weighted by Gasteiger charge is 2.34. The maximum Gasteiger partial charge on any atom is 0.258 e. The van der Waals surface area contributed by atoms with Crippen molar-refractivity contribution in [2.24, 2.45) is 5.10 Å². The molecule has 198 valence electrons. The second-order valence-electron chi connectivity index (χ2n) is 9.44. The number of hydrogen-bond acceptors (Lipinski definition) is 4. The van der Waals surface area contributed by atoms with Gasteiger partial charge in [0.05, 0.1) is 24.4 Å². The van der Waals surface area contributed by atoms with Crippen molar-refractivity contribution in [3.63, 3.8) is 0 Å². The molecule has 1 atom stereocenters. The van der Waals surface area contributed by atoms with Crippen molar-refractivity contribution in [3.05, 3.63) is 130 Å². The number of nitrogens with zero attached hydrogens (tertiary/aromatic N) is 2. The van der Waals surface area contributed by atoms with Gasteiger partial charge in [-0.15, -0.1) is 0 Å². The molecule has 6 rings (SSSR count). The number of hydrogen-bond donors (Lipinski definition) is 2. The lowest BCUT2D eigenvalue weighted by molar-refractivity contribution is 0.374. The number of hydrazone groups is 1. The van der Waals surface area contributed by atoms with E-state index in [9.17, 15) is 4.79 Å². The van der Waals surface area contributed by atoms with Crippen molar-refractivity contribution in [3.8, 4) is 16.9 Å². The van der Waals surface area contributed by atoms with E-state index in [0.29, 0.717) is 33.3 Å². The Balaban J connectivity index is 1.51. The lowest BCUT2D eigenvalue weighted by Crippen LogP contribution is -2.31. The molecule has 0 bridgehead atoms. The van der Waals surface area contributed by atoms with Gasteiger partial charge in [0.15, 0.2) is 5.11 Å². The summed E-state index contributed by atoms with van der Waals surface area (Å²) < 4.78 is 5.37. The minimum atomic E-state index is -0.234. The number of aromatic amines is 1. The lowest BCUT2D eigenvalue weighted by Gasteiger charge is -2.25. The second kappa shape index (κ2) is 11.0. The van der Waals surface area contributed by atoms with Crippen LogP contribution >= 0.6 is 23.8 Å². The van der Waals surface area contributed by atoms with E-state index in [1.807, 2.05) is 97.1 Å². The average Bonchev–Trinajstić information content (AvgIpc) is 3.43. The molecular formula is C32H25ClN4O2S. The monoisotopic (exact) mass is 564 g/mol. The lowest BCUT2D eigenvalue weighted by atomic mass is 9.91. The highest BCUT2D eigenvalue weighted by molar-refractivity contribution is 7.80. The Bertz CT molecular complexity index is 1790. The molecule has 0 amide bonds. The molecule has 0 saturated heterocycles. The number of benzene rings is 4. The van der Waals surface area contributed by atoms with Crippen LogP contribution in [0.3, 0.4) is 0 Å². The Labute approximate surface area is 241 Å². The van der Waals surface area contributed by atoms with Crippen LogP contribution in [0.25, 0.3) is 22.0 Å². The molecule has 2 N–H and O–H groups in total. The molecule has 2 heterocycles. The molecule has 0 unspecified atom stereocenters. The first-order valence-electron chi connectivity index (χ1n) is 12.8. The first-order valence-corrected chi connectivity index (χ1v) is 13.6. The number of aromatic nitrogens is 1. The van der Waals surface area contributed by atoms with Crippen LogP contribution in [0.2, 0.25) is 5.02 Å². The number of H-pyrrole nitrogens is 1. The molecule has 0 saturated carbocycles. The van der Waals surface area contributed by atoms with Gasteiger partial charge in [0, 0.05) is 33.6 Å². The fraction of sp³-hybridized carbons (Fsp3) is 0.0938. The van der Waals surface area contributed by atoms with Crippen molar-refractivity contribution >= 4 is 51.2 Å². The molecule has 1 aromatic heterocycles. The minimum Gasteiger partial charge on any atom is -0.497 e. The summed E-state index contributed by atoms with van der Waals surface area (Å²) in [6.07, 6.45) is 0.470. The molecule has 0 spiro atoms. The summed E-state index contributed by atoms with van der Waals surface area (Å²) in [6.45, 7) is 0. The van der Waals surface area contributed by atoms with Crippen LogP contribution in [0.5, 0.6) is 5.75 Å². The van der Waals surface area contributed by atoms with Gasteiger partial charge >= 0.3 is 0 Å². The van der Waals surface area contributed by atoms with Gasteiger partial charge in [-0.2, -0.15) is 5.10 Å². The normalized spacial score (nSPS) is 14.7. The fourth-order valence-corrected chi connectivity index (χ4v) is 5.54. The van der Waals surface area contributed by atoms with Gasteiger partial charge in [-0.25, -0.2) is 5.01 Å². The number of ether oxygens (including phenoxy) is 1. The van der Waals surface area contributed by atoms with Crippen LogP contribution in [-0.2, 0) is 0 Å². The van der Waals surface area contributed by atoms with Gasteiger partial charge in [-0.3, -0.25) is 4.79 Å². The molecule has 1 aliphatic rings. The maximum atomic E-state index is 13.7. The highest BCUT2D eigenvalue weighted by atomic mass is 35.5. The van der Waals surface area contributed by atoms with Crippen LogP contribution in [-0.4, -0.2) is 27.9 Å². The minimum absolute atomic E-state index is 0.218. The van der Waals surface area contributed by atoms with E-state index in [0.717, 1.165) is 33.5 Å². The zero-order chi connectivity index (χ0) is 27.6. The Morgan fingerprint density at radius 3 is 2.38 bits per heavy atom. The van der Waals surface area contributed by atoms with Crippen molar-refractivity contribution in [1.82, 2.24) is 9.99 Å². The van der Waals surface area contributed by atoms with Crippen molar-refractivity contribution < 1.29 is 4.74 Å². The zero-order valence-corrected chi connectivity index (χ0v) is 23.2. The SMILES string of the molecule is COc1ccc([C@@H]2CC(c3c(-c4ccccc4)c4cc(Cl)ccc4[nH]c3=O)=NN2C(=S)Nc2ccccc2)cc1. The molecule has 0 radical (unpaired) electrons. The summed E-state index contributed by atoms with van der Waals surface area (Å²) in [4.78, 5) is 16.8. The first kappa shape index (κ1) is 25.8. The summed E-state index contributed by atoms with van der Waals surface area (Å²) in [6, 6.07) is 32.7. The van der Waals surface area contributed by atoms with Crippen LogP contribution in [0.1, 0.15) is 23.6 Å². The number of halogens is 1. The Kier molecular flexibility index (Phi) is 7.07. The standard InChI is InChI=1S/C32H25ClN4O2S/c1-39-24-15-12-20(13-16-24)28-19-27(36-37(28)32(40)34-23-10-6-3-7-11-23)30-29(21-8-4-2-5-9-21)25-18-22(33)14-17-26(25)35-31(30)38/h2-18,28H,19H2,1H3,(H,34,40)(H,35,38)/t28-/m0/s1. The number of fused-ring (bicyclic) bond motifs is 1. The number of methoxy groups -OCH3 is 1. The molecular weight excluding hydrogens is 540 g/mol. The highest BCUT2D eigenvalue weighted by Crippen LogP contribution is 2.38. The van der Waals surface area contributed by atoms with E-state index in [1.54, 1.807) is 18.2 Å². The van der Waals surface area contributed by atoms with Crippen molar-refractivity contribution in [1.29, 1.82) is 0 Å². The van der Waals surface area contributed by atoms with Gasteiger partial charge in [-0.05, 0) is 65.8 Å². The Morgan fingerprint density at radius 1 is 0.975 bits per heavy atom. The number of anilines is 1. The van der Waals surface area contributed by atoms with Gasteiger partial charge in [0.1, 0.15) is 5.75 Å². The summed E-state index contributed by atoms with van der Waals surface area (Å²) >= 11 is 12.3. The topological polar surface area (TPSA) is 69.7 Å². The predicted octanol–water partition coefficient (Wildman–Crippen LogP) is 7.41. The van der Waals surface area contributed by atoms with E-state index in [4.69, 9.17) is 33.7 Å². The van der Waals surface area contributed by atoms with E-state index in [1.165, 1.54) is 0 Å². The molecule has 5 aromatic rings. The molecule has 4 aromatic carbocycles. The Hall–Kier alpha value is -4.46. The van der Waals surface area contributed by atoms with Crippen LogP contribution in [0.4, 0.5) is 5.69 Å². The molecule has 8 heteroatoms. The summed E-state index contributed by atoms with van der Waals surface area (Å²) in [5, 5.41) is 11.9. The number of nitrogens with one attached hydrogen (secondary N) is 2. The van der Waals surface area contributed by atoms with Crippen LogP contribution < -0.4 is 15.6 Å². The zero-order valence-electron chi connectivity index (χ0n) is 21.6. The van der Waals surface area contributed by atoms with E-state index >= 15 is 0 Å². The third-order valence-electron chi connectivity index (χ3n) is 6.97. The van der Waals surface area contributed by atoms with E-state index in [2.05, 4.69) is 10.3 Å². The van der Waals surface area contributed by atoms with Crippen LogP contribution in [0.15, 0.2) is 113 Å². The average molecular weight is 565 g/mol. The fourth-order valence-electron chi connectivity index (χ4n) is 5.08. The maximum absolute atomic E-state index is 13.7. The van der Waals surface area contributed by atoms with Gasteiger partial charge in [-0.1, -0.05) is 72.3 Å². The van der Waals surface area contributed by atoms with E-state index in [-0.39, 0.29) is 11.6 Å². The predicted molar refractivity (Wildman–Crippen MR) is 166 cm³/mol. The third-order valence-corrected chi connectivity index (χ3v) is 7.50. The van der Waals surface area contributed by atoms with Crippen LogP contribution in [0, 0.1) is 0 Å². The summed E-state index contributed by atoms with van der Waals surface area (Å²) in [5.74, 6) is 0.758. The molecule has 1 aliphatic heterocycles. The van der Waals surface area contributed by atoms with Crippen molar-refractivity contribution in [2.75, 3.05) is 12.4 Å². The summed E-state index contributed by atoms with van der Waals surface area (Å²) in [7, 11) is 1.64. The van der Waals surface area contributed by atoms with Gasteiger partial charge in [0.2, 0.25) is 0 Å². The molecule has 0 fully saturated rings. The number of pyridine rings is 1. The number of para-hydroxylation sites is 1. The largest absolute Gasteiger partial charge is 0.497 e. The van der Waals surface area contributed by atoms with Gasteiger partial charge < -0.3 is 15.0 Å². The Morgan fingerprint density at radius 2 is 1.68 bits per heavy atom. The number of rotatable bonds is 5. The molecule has 6 nitrogen and oxygen atoms in total.